The van der Waals surface area contributed by atoms with Gasteiger partial charge in [0.1, 0.15) is 0 Å². The largest absolute Gasteiger partial charge is 0.374 e. The number of hydrogen-bond donors (Lipinski definition) is 0. The fourth-order valence-corrected chi connectivity index (χ4v) is 2.63. The molecule has 0 radical (unpaired) electrons. The van der Waals surface area contributed by atoms with Gasteiger partial charge >= 0.3 is 0 Å². The van der Waals surface area contributed by atoms with E-state index in [2.05, 4.69) is 24.0 Å². The summed E-state index contributed by atoms with van der Waals surface area (Å²) in [5.74, 6) is -0.312. The second kappa shape index (κ2) is 12.2. The molecule has 0 amide bonds. The summed E-state index contributed by atoms with van der Waals surface area (Å²) in [5.41, 5.74) is 2.02. The molecule has 2 heterocycles. The van der Waals surface area contributed by atoms with Gasteiger partial charge in [-0.05, 0) is 25.5 Å². The van der Waals surface area contributed by atoms with Crippen molar-refractivity contribution in [1.29, 1.82) is 5.26 Å². The molecule has 0 atom stereocenters. The highest BCUT2D eigenvalue weighted by atomic mass is 16.7. The smallest absolute Gasteiger partial charge is 0.171 e. The average Bonchev–Trinajstić information content (AvgIpc) is 3.08. The molecule has 0 aromatic carbocycles. The Morgan fingerprint density at radius 1 is 1.09 bits per heavy atom. The average molecular weight is 322 g/mol. The van der Waals surface area contributed by atoms with Gasteiger partial charge in [0.05, 0.1) is 19.3 Å². The molecular weight excluding hydrogens is 288 g/mol. The third kappa shape index (κ3) is 6.76. The van der Waals surface area contributed by atoms with Crippen LogP contribution >= 0.6 is 0 Å². The van der Waals surface area contributed by atoms with Crippen molar-refractivity contribution in [2.75, 3.05) is 26.3 Å². The maximum atomic E-state index is 8.78. The van der Waals surface area contributed by atoms with E-state index >= 15 is 0 Å². The zero-order chi connectivity index (χ0) is 17.7. The zero-order valence-corrected chi connectivity index (χ0v) is 15.8. The minimum absolute atomic E-state index is 0.312. The maximum Gasteiger partial charge on any atom is 0.171 e. The molecule has 0 N–H and O–H groups in total. The van der Waals surface area contributed by atoms with Crippen LogP contribution in [0.2, 0.25) is 0 Å². The van der Waals surface area contributed by atoms with Gasteiger partial charge in [-0.25, -0.2) is 0 Å². The monoisotopic (exact) mass is 322 g/mol. The van der Waals surface area contributed by atoms with E-state index in [-0.39, 0.29) is 5.79 Å². The highest BCUT2D eigenvalue weighted by Gasteiger charge is 2.39. The van der Waals surface area contributed by atoms with Gasteiger partial charge in [0.15, 0.2) is 5.79 Å². The molecular formula is C19H34N2O2. The molecule has 0 unspecified atom stereocenters. The first-order valence-electron chi connectivity index (χ1n) is 8.99. The van der Waals surface area contributed by atoms with E-state index in [0.29, 0.717) is 0 Å². The molecule has 1 spiro atoms. The standard InChI is InChI=1S/C15H22N2O2.2C2H6/c1-3-14(5-4-13(2)12-16)17-8-6-15(7-9-17)18-10-11-19-15;2*1-2/h4-5H,3,6-11H2,1-2H3;2*1-2H3/b13-4+,14-5+;;. The minimum atomic E-state index is -0.312. The zero-order valence-electron chi connectivity index (χ0n) is 15.8. The molecule has 0 saturated carbocycles. The third-order valence-electron chi connectivity index (χ3n) is 3.81. The van der Waals surface area contributed by atoms with Crippen molar-refractivity contribution >= 4 is 0 Å². The lowest BCUT2D eigenvalue weighted by Crippen LogP contribution is -2.44. The maximum absolute atomic E-state index is 8.78. The first-order chi connectivity index (χ1) is 11.2. The Hall–Kier alpha value is -1.31. The Balaban J connectivity index is 0.00000112. The number of rotatable bonds is 3. The van der Waals surface area contributed by atoms with Crippen molar-refractivity contribution < 1.29 is 9.47 Å². The first kappa shape index (κ1) is 21.7. The molecule has 2 aliphatic heterocycles. The lowest BCUT2D eigenvalue weighted by Gasteiger charge is -2.39. The Morgan fingerprint density at radius 3 is 2.04 bits per heavy atom. The summed E-state index contributed by atoms with van der Waals surface area (Å²) in [6.45, 7) is 15.3. The number of allylic oxidation sites excluding steroid dienone is 4. The van der Waals surface area contributed by atoms with E-state index < -0.39 is 0 Å². The summed E-state index contributed by atoms with van der Waals surface area (Å²) in [5, 5.41) is 8.78. The minimum Gasteiger partial charge on any atom is -0.374 e. The lowest BCUT2D eigenvalue weighted by molar-refractivity contribution is -0.182. The van der Waals surface area contributed by atoms with Crippen molar-refractivity contribution in [3.05, 3.63) is 23.4 Å². The third-order valence-corrected chi connectivity index (χ3v) is 3.81. The number of nitrogens with zero attached hydrogens (tertiary/aromatic N) is 2. The second-order valence-corrected chi connectivity index (χ2v) is 5.07. The molecule has 0 aromatic rings. The quantitative estimate of drug-likeness (QED) is 0.561. The van der Waals surface area contributed by atoms with Gasteiger partial charge in [0, 0.05) is 37.2 Å². The predicted octanol–water partition coefficient (Wildman–Crippen LogP) is 4.64. The lowest BCUT2D eigenvalue weighted by atomic mass is 10.0. The van der Waals surface area contributed by atoms with Crippen LogP contribution < -0.4 is 0 Å². The molecule has 23 heavy (non-hydrogen) atoms. The number of piperidine rings is 1. The number of ether oxygens (including phenoxy) is 2. The van der Waals surface area contributed by atoms with Crippen LogP contribution in [0.4, 0.5) is 0 Å². The van der Waals surface area contributed by atoms with E-state index in [1.807, 2.05) is 40.7 Å². The van der Waals surface area contributed by atoms with Crippen LogP contribution in [0.1, 0.15) is 60.8 Å². The van der Waals surface area contributed by atoms with Crippen molar-refractivity contribution in [2.45, 2.75) is 66.6 Å². The van der Waals surface area contributed by atoms with Crippen LogP contribution in [0.15, 0.2) is 23.4 Å². The molecule has 2 aliphatic rings. The molecule has 0 bridgehead atoms. The molecule has 2 fully saturated rings. The van der Waals surface area contributed by atoms with Crippen molar-refractivity contribution in [3.63, 3.8) is 0 Å². The van der Waals surface area contributed by atoms with Crippen LogP contribution in [-0.2, 0) is 9.47 Å². The molecule has 2 rings (SSSR count). The summed E-state index contributed by atoms with van der Waals surface area (Å²) in [7, 11) is 0. The van der Waals surface area contributed by atoms with Crippen LogP contribution in [0.5, 0.6) is 0 Å². The highest BCUT2D eigenvalue weighted by Crippen LogP contribution is 2.32. The summed E-state index contributed by atoms with van der Waals surface area (Å²) >= 11 is 0. The Labute approximate surface area is 142 Å². The van der Waals surface area contributed by atoms with E-state index in [4.69, 9.17) is 14.7 Å². The van der Waals surface area contributed by atoms with Gasteiger partial charge in [0.2, 0.25) is 0 Å². The van der Waals surface area contributed by atoms with Crippen LogP contribution in [0.3, 0.4) is 0 Å². The molecule has 0 aromatic heterocycles. The van der Waals surface area contributed by atoms with Gasteiger partial charge in [-0.1, -0.05) is 34.6 Å². The van der Waals surface area contributed by atoms with Crippen LogP contribution in [0, 0.1) is 11.3 Å². The second-order valence-electron chi connectivity index (χ2n) is 5.07. The van der Waals surface area contributed by atoms with Gasteiger partial charge in [-0.15, -0.1) is 0 Å². The molecule has 2 saturated heterocycles. The first-order valence-corrected chi connectivity index (χ1v) is 8.99. The number of likely N-dealkylation sites (tertiary alicyclic amines) is 1. The van der Waals surface area contributed by atoms with E-state index in [0.717, 1.165) is 51.1 Å². The van der Waals surface area contributed by atoms with Crippen molar-refractivity contribution in [1.82, 2.24) is 4.90 Å². The van der Waals surface area contributed by atoms with Crippen LogP contribution in [0.25, 0.3) is 0 Å². The summed E-state index contributed by atoms with van der Waals surface area (Å²) < 4.78 is 11.5. The molecule has 4 nitrogen and oxygen atoms in total. The van der Waals surface area contributed by atoms with E-state index in [1.54, 1.807) is 0 Å². The van der Waals surface area contributed by atoms with E-state index in [9.17, 15) is 0 Å². The summed E-state index contributed by atoms with van der Waals surface area (Å²) in [4.78, 5) is 2.37. The summed E-state index contributed by atoms with van der Waals surface area (Å²) in [6, 6.07) is 2.14. The topological polar surface area (TPSA) is 45.5 Å². The van der Waals surface area contributed by atoms with Crippen molar-refractivity contribution in [3.8, 4) is 6.07 Å². The molecule has 0 aliphatic carbocycles. The van der Waals surface area contributed by atoms with Gasteiger partial charge in [-0.3, -0.25) is 0 Å². The number of hydrogen-bond acceptors (Lipinski definition) is 4. The fourth-order valence-electron chi connectivity index (χ4n) is 2.63. The Bertz CT molecular complexity index is 406. The fraction of sp³-hybridized carbons (Fsp3) is 0.737. The van der Waals surface area contributed by atoms with Gasteiger partial charge in [-0.2, -0.15) is 5.26 Å². The van der Waals surface area contributed by atoms with Gasteiger partial charge < -0.3 is 14.4 Å². The van der Waals surface area contributed by atoms with Crippen LogP contribution in [-0.4, -0.2) is 37.0 Å². The SMILES string of the molecule is CC.CC.CC/C(=C\C=C(/C)C#N)N1CCC2(CC1)OCCO2. The van der Waals surface area contributed by atoms with Crippen molar-refractivity contribution in [2.24, 2.45) is 0 Å². The number of nitriles is 1. The van der Waals surface area contributed by atoms with Gasteiger partial charge in [0.25, 0.3) is 0 Å². The normalized spacial score (nSPS) is 20.1. The Morgan fingerprint density at radius 2 is 1.61 bits per heavy atom. The predicted molar refractivity (Wildman–Crippen MR) is 95.9 cm³/mol. The highest BCUT2D eigenvalue weighted by molar-refractivity contribution is 5.25. The molecule has 132 valence electrons. The van der Waals surface area contributed by atoms with E-state index in [1.165, 1.54) is 5.70 Å². The Kier molecular flexibility index (Phi) is 11.5. The summed E-state index contributed by atoms with van der Waals surface area (Å²) in [6.07, 6.45) is 6.78. The molecule has 4 heteroatoms.